The van der Waals surface area contributed by atoms with Crippen molar-refractivity contribution in [1.29, 1.82) is 0 Å². The zero-order valence-corrected chi connectivity index (χ0v) is 20.9. The minimum absolute atomic E-state index is 0.195. The van der Waals surface area contributed by atoms with Gasteiger partial charge in [-0.05, 0) is 29.8 Å². The first-order chi connectivity index (χ1) is 17.1. The van der Waals surface area contributed by atoms with Crippen LogP contribution < -0.4 is 20.3 Å². The normalized spacial score (nSPS) is 14.2. The van der Waals surface area contributed by atoms with Crippen LogP contribution in [0.15, 0.2) is 60.7 Å². The van der Waals surface area contributed by atoms with E-state index in [9.17, 15) is 0 Å². The molecule has 35 heavy (non-hydrogen) atoms. The minimum atomic E-state index is 0.195. The van der Waals surface area contributed by atoms with E-state index in [1.54, 1.807) is 6.07 Å². The molecule has 0 bridgehead atoms. The number of aromatic nitrogens is 2. The van der Waals surface area contributed by atoms with Gasteiger partial charge in [-0.3, -0.25) is 4.90 Å². The van der Waals surface area contributed by atoms with Gasteiger partial charge in [-0.15, -0.1) is 0 Å². The van der Waals surface area contributed by atoms with Crippen LogP contribution >= 0.6 is 11.6 Å². The molecule has 2 heterocycles. The molecule has 0 unspecified atom stereocenters. The fraction of sp³-hybridized carbons (Fsp3) is 0.385. The van der Waals surface area contributed by atoms with Crippen molar-refractivity contribution in [2.45, 2.75) is 6.61 Å². The van der Waals surface area contributed by atoms with Crippen molar-refractivity contribution < 1.29 is 9.47 Å². The third kappa shape index (κ3) is 7.71. The molecule has 9 heteroatoms. The number of hydrogen-bond donors (Lipinski definition) is 1. The van der Waals surface area contributed by atoms with Crippen LogP contribution in [0.4, 0.5) is 17.5 Å². The molecule has 0 saturated carbocycles. The Bertz CT molecular complexity index is 1030. The number of nitrogens with zero attached hydrogens (tertiary/aromatic N) is 5. The number of nitrogens with two attached hydrogens (primary N) is 1. The maximum Gasteiger partial charge on any atom is 0.223 e. The first-order valence-electron chi connectivity index (χ1n) is 11.9. The highest BCUT2D eigenvalue weighted by Gasteiger charge is 2.18. The summed E-state index contributed by atoms with van der Waals surface area (Å²) in [5.74, 6) is 1.80. The fourth-order valence-corrected chi connectivity index (χ4v) is 4.17. The van der Waals surface area contributed by atoms with E-state index >= 15 is 0 Å². The summed E-state index contributed by atoms with van der Waals surface area (Å²) < 4.78 is 11.5. The zero-order chi connectivity index (χ0) is 24.5. The maximum atomic E-state index is 6.00. The SMILES string of the molecule is CN(CCN1CCN(c2ccc(OCCOCc3ccccc3)cc2)CC1)c1cc(Cl)nc(N)n1. The highest BCUT2D eigenvalue weighted by molar-refractivity contribution is 6.29. The number of ether oxygens (including phenoxy) is 2. The average molecular weight is 497 g/mol. The number of nitrogen functional groups attached to an aromatic ring is 1. The summed E-state index contributed by atoms with van der Waals surface area (Å²) >= 11 is 6.00. The van der Waals surface area contributed by atoms with Gasteiger partial charge in [0.05, 0.1) is 13.2 Å². The van der Waals surface area contributed by atoms with Gasteiger partial charge in [0.15, 0.2) is 0 Å². The lowest BCUT2D eigenvalue weighted by Crippen LogP contribution is -2.48. The molecule has 2 N–H and O–H groups in total. The van der Waals surface area contributed by atoms with Crippen molar-refractivity contribution in [3.63, 3.8) is 0 Å². The minimum Gasteiger partial charge on any atom is -0.491 e. The molecule has 0 aliphatic carbocycles. The van der Waals surface area contributed by atoms with Crippen LogP contribution in [0.3, 0.4) is 0 Å². The van der Waals surface area contributed by atoms with E-state index in [1.165, 1.54) is 11.3 Å². The smallest absolute Gasteiger partial charge is 0.223 e. The molecule has 1 aliphatic heterocycles. The number of anilines is 3. The Hall–Kier alpha value is -3.07. The second kappa shape index (κ2) is 12.6. The molecule has 8 nitrogen and oxygen atoms in total. The molecule has 0 amide bonds. The summed E-state index contributed by atoms with van der Waals surface area (Å²) in [6.07, 6.45) is 0. The van der Waals surface area contributed by atoms with Gasteiger partial charge in [0, 0.05) is 58.1 Å². The molecule has 4 rings (SSSR count). The average Bonchev–Trinajstić information content (AvgIpc) is 2.88. The highest BCUT2D eigenvalue weighted by atomic mass is 35.5. The highest BCUT2D eigenvalue weighted by Crippen LogP contribution is 2.21. The van der Waals surface area contributed by atoms with Crippen molar-refractivity contribution >= 4 is 29.1 Å². The molecule has 1 aromatic heterocycles. The van der Waals surface area contributed by atoms with Crippen LogP contribution in [-0.2, 0) is 11.3 Å². The molecular formula is C26H33ClN6O2. The molecule has 0 atom stereocenters. The summed E-state index contributed by atoms with van der Waals surface area (Å²) in [5, 5.41) is 0.362. The molecular weight excluding hydrogens is 464 g/mol. The van der Waals surface area contributed by atoms with E-state index in [4.69, 9.17) is 26.8 Å². The van der Waals surface area contributed by atoms with E-state index in [1.807, 2.05) is 37.4 Å². The van der Waals surface area contributed by atoms with E-state index < -0.39 is 0 Å². The molecule has 1 fully saturated rings. The number of likely N-dealkylation sites (N-methyl/N-ethyl adjacent to an activating group) is 1. The van der Waals surface area contributed by atoms with Crippen LogP contribution in [0.25, 0.3) is 0 Å². The molecule has 0 radical (unpaired) electrons. The van der Waals surface area contributed by atoms with Gasteiger partial charge in [-0.25, -0.2) is 4.98 Å². The van der Waals surface area contributed by atoms with Gasteiger partial charge < -0.3 is 25.0 Å². The monoisotopic (exact) mass is 496 g/mol. The van der Waals surface area contributed by atoms with Crippen molar-refractivity contribution in [3.8, 4) is 5.75 Å². The molecule has 1 saturated heterocycles. The lowest BCUT2D eigenvalue weighted by atomic mass is 10.2. The van der Waals surface area contributed by atoms with Crippen LogP contribution in [0.1, 0.15) is 5.56 Å². The van der Waals surface area contributed by atoms with Crippen LogP contribution in [-0.4, -0.2) is 74.4 Å². The number of benzene rings is 2. The standard InChI is InChI=1S/C26H33ClN6O2/c1-31(25-19-24(27)29-26(28)30-25)11-12-32-13-15-33(16-14-32)22-7-9-23(10-8-22)35-18-17-34-20-21-5-3-2-4-6-21/h2-10,19H,11-18,20H2,1H3,(H2,28,29,30). The predicted molar refractivity (Wildman–Crippen MR) is 141 cm³/mol. The number of rotatable bonds is 11. The number of piperazine rings is 1. The molecule has 2 aromatic carbocycles. The molecule has 3 aromatic rings. The van der Waals surface area contributed by atoms with E-state index in [2.05, 4.69) is 48.9 Å². The summed E-state index contributed by atoms with van der Waals surface area (Å²) in [7, 11) is 1.99. The Kier molecular flexibility index (Phi) is 9.00. The van der Waals surface area contributed by atoms with E-state index in [-0.39, 0.29) is 5.95 Å². The van der Waals surface area contributed by atoms with Crippen LogP contribution in [0.2, 0.25) is 5.15 Å². The molecule has 186 valence electrons. The second-order valence-electron chi connectivity index (χ2n) is 8.54. The quantitative estimate of drug-likeness (QED) is 0.319. The second-order valence-corrected chi connectivity index (χ2v) is 8.93. The Morgan fingerprint density at radius 2 is 1.71 bits per heavy atom. The van der Waals surface area contributed by atoms with Gasteiger partial charge in [-0.1, -0.05) is 41.9 Å². The predicted octanol–water partition coefficient (Wildman–Crippen LogP) is 3.57. The lowest BCUT2D eigenvalue weighted by Gasteiger charge is -2.36. The largest absolute Gasteiger partial charge is 0.491 e. The first kappa shape index (κ1) is 25.0. The van der Waals surface area contributed by atoms with E-state index in [0.717, 1.165) is 50.8 Å². The van der Waals surface area contributed by atoms with Crippen molar-refractivity contribution in [2.75, 3.05) is 75.1 Å². The zero-order valence-electron chi connectivity index (χ0n) is 20.1. The van der Waals surface area contributed by atoms with Gasteiger partial charge in [0.25, 0.3) is 0 Å². The van der Waals surface area contributed by atoms with Crippen LogP contribution in [0, 0.1) is 0 Å². The van der Waals surface area contributed by atoms with Gasteiger partial charge in [0.1, 0.15) is 23.3 Å². The van der Waals surface area contributed by atoms with Crippen LogP contribution in [0.5, 0.6) is 5.75 Å². The van der Waals surface area contributed by atoms with Gasteiger partial charge >= 0.3 is 0 Å². The fourth-order valence-electron chi connectivity index (χ4n) is 3.99. The summed E-state index contributed by atoms with van der Waals surface area (Å²) in [4.78, 5) is 15.1. The Morgan fingerprint density at radius 1 is 0.971 bits per heavy atom. The Balaban J connectivity index is 1.14. The Labute approximate surface area is 212 Å². The topological polar surface area (TPSA) is 80.0 Å². The third-order valence-corrected chi connectivity index (χ3v) is 6.22. The molecule has 1 aliphatic rings. The van der Waals surface area contributed by atoms with Crippen molar-refractivity contribution in [3.05, 3.63) is 71.4 Å². The van der Waals surface area contributed by atoms with Crippen molar-refractivity contribution in [2.24, 2.45) is 0 Å². The maximum absolute atomic E-state index is 6.00. The van der Waals surface area contributed by atoms with Gasteiger partial charge in [-0.2, -0.15) is 4.98 Å². The molecule has 0 spiro atoms. The summed E-state index contributed by atoms with van der Waals surface area (Å²) in [5.41, 5.74) is 8.10. The van der Waals surface area contributed by atoms with E-state index in [0.29, 0.717) is 25.0 Å². The lowest BCUT2D eigenvalue weighted by molar-refractivity contribution is 0.0889. The van der Waals surface area contributed by atoms with Gasteiger partial charge in [0.2, 0.25) is 5.95 Å². The summed E-state index contributed by atoms with van der Waals surface area (Å²) in [6, 6.07) is 20.2. The number of hydrogen-bond acceptors (Lipinski definition) is 8. The Morgan fingerprint density at radius 3 is 2.43 bits per heavy atom. The van der Waals surface area contributed by atoms with Crippen molar-refractivity contribution in [1.82, 2.24) is 14.9 Å². The third-order valence-electron chi connectivity index (χ3n) is 6.02. The summed E-state index contributed by atoms with van der Waals surface area (Å²) in [6.45, 7) is 7.49. The number of halogens is 1. The first-order valence-corrected chi connectivity index (χ1v) is 12.3.